The first-order valence-corrected chi connectivity index (χ1v) is 7.80. The van der Waals surface area contributed by atoms with Gasteiger partial charge in [-0.1, -0.05) is 0 Å². The van der Waals surface area contributed by atoms with E-state index in [-0.39, 0.29) is 5.41 Å². The van der Waals surface area contributed by atoms with E-state index in [4.69, 9.17) is 5.26 Å². The number of rotatable bonds is 1. The van der Waals surface area contributed by atoms with Crippen molar-refractivity contribution >= 4 is 27.4 Å². The van der Waals surface area contributed by atoms with Gasteiger partial charge < -0.3 is 4.90 Å². The van der Waals surface area contributed by atoms with E-state index < -0.39 is 0 Å². The molecule has 2 aliphatic rings. The van der Waals surface area contributed by atoms with Crippen LogP contribution in [0.15, 0.2) is 22.7 Å². The number of carbonyl (C=O) groups is 1. The predicted octanol–water partition coefficient (Wildman–Crippen LogP) is 3.66. The molecule has 0 N–H and O–H groups in total. The van der Waals surface area contributed by atoms with Crippen LogP contribution in [0.25, 0.3) is 0 Å². The molecule has 1 aliphatic carbocycles. The Labute approximate surface area is 127 Å². The zero-order valence-corrected chi connectivity index (χ0v) is 13.1. The molecule has 0 bridgehead atoms. The summed E-state index contributed by atoms with van der Waals surface area (Å²) < 4.78 is 0.851. The molecule has 0 aromatic heterocycles. The van der Waals surface area contributed by atoms with Crippen molar-refractivity contribution in [2.75, 3.05) is 11.4 Å². The number of carbonyl (C=O) groups excluding carboxylic acids is 1. The number of nitrogens with zero attached hydrogens (tertiary/aromatic N) is 2. The quantitative estimate of drug-likeness (QED) is 0.788. The molecule has 1 atom stereocenters. The molecule has 1 heterocycles. The van der Waals surface area contributed by atoms with Gasteiger partial charge in [-0.3, -0.25) is 4.79 Å². The Bertz CT molecular complexity index is 597. The Morgan fingerprint density at radius 2 is 2.20 bits per heavy atom. The second-order valence-electron chi connectivity index (χ2n) is 6.16. The molecule has 0 radical (unpaired) electrons. The van der Waals surface area contributed by atoms with Crippen molar-refractivity contribution in [1.29, 1.82) is 5.26 Å². The van der Waals surface area contributed by atoms with Gasteiger partial charge in [-0.15, -0.1) is 0 Å². The standard InChI is InChI=1S/C16H17BrN2O/c1-11-7-16(8-14(20)9-16)4-5-19(11)13-3-2-12(10-18)15(17)6-13/h2-3,6,11H,4-5,7-9H2,1H3/t11-/m0/s1. The molecule has 0 unspecified atom stereocenters. The maximum Gasteiger partial charge on any atom is 0.134 e. The summed E-state index contributed by atoms with van der Waals surface area (Å²) in [6.45, 7) is 3.22. The van der Waals surface area contributed by atoms with Crippen molar-refractivity contribution in [3.63, 3.8) is 0 Å². The zero-order valence-electron chi connectivity index (χ0n) is 11.5. The first-order valence-electron chi connectivity index (χ1n) is 7.01. The van der Waals surface area contributed by atoms with Crippen LogP contribution < -0.4 is 4.90 Å². The number of ketones is 1. The molecule has 1 spiro atoms. The summed E-state index contributed by atoms with van der Waals surface area (Å²) in [5.74, 6) is 0.423. The molecule has 1 aromatic carbocycles. The molecule has 3 nitrogen and oxygen atoms in total. The summed E-state index contributed by atoms with van der Waals surface area (Å²) in [4.78, 5) is 13.7. The lowest BCUT2D eigenvalue weighted by molar-refractivity contribution is -0.134. The lowest BCUT2D eigenvalue weighted by Crippen LogP contribution is -2.51. The SMILES string of the molecule is C[C@H]1CC2(CCN1c1ccc(C#N)c(Br)c1)CC(=O)C2. The van der Waals surface area contributed by atoms with Crippen molar-refractivity contribution in [2.24, 2.45) is 5.41 Å². The summed E-state index contributed by atoms with van der Waals surface area (Å²) in [5.41, 5.74) is 2.11. The Kier molecular flexibility index (Phi) is 3.33. The Balaban J connectivity index is 1.77. The number of anilines is 1. The maximum atomic E-state index is 11.3. The number of nitriles is 1. The van der Waals surface area contributed by atoms with Crippen LogP contribution in [0.1, 0.15) is 38.2 Å². The van der Waals surface area contributed by atoms with Gasteiger partial charge in [-0.05, 0) is 59.3 Å². The highest BCUT2D eigenvalue weighted by Gasteiger charge is 2.47. The molecule has 4 heteroatoms. The third-order valence-electron chi connectivity index (χ3n) is 4.69. The first kappa shape index (κ1) is 13.6. The van der Waals surface area contributed by atoms with Crippen LogP contribution >= 0.6 is 15.9 Å². The molecule has 1 aromatic rings. The van der Waals surface area contributed by atoms with E-state index in [1.54, 1.807) is 0 Å². The number of Topliss-reactive ketones (excluding diaryl/α,β-unsaturated/α-hetero) is 1. The van der Waals surface area contributed by atoms with Crippen LogP contribution in [0.2, 0.25) is 0 Å². The van der Waals surface area contributed by atoms with Crippen LogP contribution in [0, 0.1) is 16.7 Å². The molecular weight excluding hydrogens is 316 g/mol. The Hall–Kier alpha value is -1.34. The van der Waals surface area contributed by atoms with E-state index in [1.165, 1.54) is 0 Å². The normalized spacial score (nSPS) is 24.4. The zero-order chi connectivity index (χ0) is 14.3. The molecule has 3 rings (SSSR count). The Morgan fingerprint density at radius 1 is 1.45 bits per heavy atom. The van der Waals surface area contributed by atoms with Gasteiger partial charge in [0.15, 0.2) is 0 Å². The summed E-state index contributed by atoms with van der Waals surface area (Å²) in [7, 11) is 0. The fraction of sp³-hybridized carbons (Fsp3) is 0.500. The van der Waals surface area contributed by atoms with Gasteiger partial charge in [0.2, 0.25) is 0 Å². The molecule has 1 aliphatic heterocycles. The molecule has 0 amide bonds. The molecule has 1 saturated heterocycles. The van der Waals surface area contributed by atoms with Crippen LogP contribution in [0.5, 0.6) is 0 Å². The number of hydrogen-bond acceptors (Lipinski definition) is 3. The first-order chi connectivity index (χ1) is 9.53. The van der Waals surface area contributed by atoms with Gasteiger partial charge in [-0.2, -0.15) is 5.26 Å². The van der Waals surface area contributed by atoms with Crippen molar-refractivity contribution < 1.29 is 4.79 Å². The minimum atomic E-state index is 0.289. The average molecular weight is 333 g/mol. The summed E-state index contributed by atoms with van der Waals surface area (Å²) in [5, 5.41) is 8.98. The van der Waals surface area contributed by atoms with E-state index in [0.29, 0.717) is 17.4 Å². The highest BCUT2D eigenvalue weighted by molar-refractivity contribution is 9.10. The number of benzene rings is 1. The van der Waals surface area contributed by atoms with Gasteiger partial charge in [-0.25, -0.2) is 0 Å². The molecule has 104 valence electrons. The number of piperidine rings is 1. The van der Waals surface area contributed by atoms with Gasteiger partial charge in [0, 0.05) is 35.6 Å². The number of halogens is 1. The second-order valence-corrected chi connectivity index (χ2v) is 7.02. The lowest BCUT2D eigenvalue weighted by atomic mass is 9.61. The smallest absolute Gasteiger partial charge is 0.134 e. The van der Waals surface area contributed by atoms with Gasteiger partial charge >= 0.3 is 0 Å². The Morgan fingerprint density at radius 3 is 2.75 bits per heavy atom. The average Bonchev–Trinajstić information content (AvgIpc) is 2.37. The van der Waals surface area contributed by atoms with Crippen LogP contribution in [0.3, 0.4) is 0 Å². The molecule has 2 fully saturated rings. The largest absolute Gasteiger partial charge is 0.369 e. The highest BCUT2D eigenvalue weighted by atomic mass is 79.9. The van der Waals surface area contributed by atoms with Crippen LogP contribution in [0.4, 0.5) is 5.69 Å². The van der Waals surface area contributed by atoms with Gasteiger partial charge in [0.1, 0.15) is 11.9 Å². The topological polar surface area (TPSA) is 44.1 Å². The predicted molar refractivity (Wildman–Crippen MR) is 81.6 cm³/mol. The van der Waals surface area contributed by atoms with Crippen molar-refractivity contribution in [2.45, 2.75) is 38.6 Å². The monoisotopic (exact) mass is 332 g/mol. The fourth-order valence-electron chi connectivity index (χ4n) is 3.68. The van der Waals surface area contributed by atoms with Crippen molar-refractivity contribution in [3.8, 4) is 6.07 Å². The summed E-state index contributed by atoms with van der Waals surface area (Å²) in [6, 6.07) is 8.52. The van der Waals surface area contributed by atoms with Gasteiger partial charge in [0.05, 0.1) is 5.56 Å². The minimum absolute atomic E-state index is 0.289. The van der Waals surface area contributed by atoms with E-state index in [2.05, 4.69) is 33.8 Å². The van der Waals surface area contributed by atoms with Gasteiger partial charge in [0.25, 0.3) is 0 Å². The molecular formula is C16H17BrN2O. The lowest BCUT2D eigenvalue weighted by Gasteiger charge is -2.50. The minimum Gasteiger partial charge on any atom is -0.369 e. The van der Waals surface area contributed by atoms with Crippen molar-refractivity contribution in [1.82, 2.24) is 0 Å². The third-order valence-corrected chi connectivity index (χ3v) is 5.35. The van der Waals surface area contributed by atoms with Crippen LogP contribution in [-0.2, 0) is 4.79 Å². The molecule has 20 heavy (non-hydrogen) atoms. The van der Waals surface area contributed by atoms with Crippen molar-refractivity contribution in [3.05, 3.63) is 28.2 Å². The molecule has 1 saturated carbocycles. The maximum absolute atomic E-state index is 11.3. The van der Waals surface area contributed by atoms with E-state index in [0.717, 1.165) is 42.4 Å². The number of hydrogen-bond donors (Lipinski definition) is 0. The van der Waals surface area contributed by atoms with Crippen LogP contribution in [-0.4, -0.2) is 18.4 Å². The summed E-state index contributed by atoms with van der Waals surface area (Å²) in [6.07, 6.45) is 3.75. The second kappa shape index (κ2) is 4.89. The van der Waals surface area contributed by atoms with E-state index >= 15 is 0 Å². The third kappa shape index (κ3) is 2.25. The fourth-order valence-corrected chi connectivity index (χ4v) is 4.14. The van der Waals surface area contributed by atoms with E-state index in [9.17, 15) is 4.79 Å². The van der Waals surface area contributed by atoms with E-state index in [1.807, 2.05) is 18.2 Å². The highest BCUT2D eigenvalue weighted by Crippen LogP contribution is 2.49. The summed E-state index contributed by atoms with van der Waals surface area (Å²) >= 11 is 3.46.